The minimum absolute atomic E-state index is 0.330. The van der Waals surface area contributed by atoms with Gasteiger partial charge in [0.15, 0.2) is 5.65 Å². The zero-order valence-corrected chi connectivity index (χ0v) is 17.3. The molecular formula is C23H23N5O3. The van der Waals surface area contributed by atoms with Crippen LogP contribution in [0.15, 0.2) is 66.9 Å². The number of carbonyl (C=O) groups is 1. The Morgan fingerprint density at radius 2 is 1.87 bits per heavy atom. The lowest BCUT2D eigenvalue weighted by molar-refractivity contribution is 0.252. The molecule has 4 rings (SSSR count). The van der Waals surface area contributed by atoms with Crippen LogP contribution in [0.4, 0.5) is 10.5 Å². The van der Waals surface area contributed by atoms with Gasteiger partial charge in [-0.2, -0.15) is 0 Å². The van der Waals surface area contributed by atoms with Crippen molar-refractivity contribution in [2.75, 3.05) is 26.1 Å². The number of anilines is 1. The van der Waals surface area contributed by atoms with E-state index >= 15 is 0 Å². The number of nitrogens with one attached hydrogen (secondary N) is 2. The fraction of sp³-hybridized carbons (Fsp3) is 0.174. The highest BCUT2D eigenvalue weighted by Gasteiger charge is 2.14. The predicted octanol–water partition coefficient (Wildman–Crippen LogP) is 3.80. The van der Waals surface area contributed by atoms with Crippen LogP contribution in [0.25, 0.3) is 16.9 Å². The molecule has 0 saturated heterocycles. The third kappa shape index (κ3) is 4.42. The number of rotatable bonds is 7. The fourth-order valence-corrected chi connectivity index (χ4v) is 3.33. The van der Waals surface area contributed by atoms with Crippen molar-refractivity contribution in [2.45, 2.75) is 6.42 Å². The Balaban J connectivity index is 1.46. The molecule has 0 aliphatic heterocycles. The first-order chi connectivity index (χ1) is 15.2. The Morgan fingerprint density at radius 3 is 2.65 bits per heavy atom. The van der Waals surface area contributed by atoms with E-state index in [-0.39, 0.29) is 6.03 Å². The lowest BCUT2D eigenvalue weighted by Gasteiger charge is -2.13. The molecule has 0 atom stereocenters. The number of para-hydroxylation sites is 1. The Labute approximate surface area is 179 Å². The molecule has 2 heterocycles. The zero-order valence-electron chi connectivity index (χ0n) is 17.3. The molecule has 158 valence electrons. The second kappa shape index (κ2) is 9.17. The van der Waals surface area contributed by atoms with Gasteiger partial charge in [0.25, 0.3) is 0 Å². The second-order valence-electron chi connectivity index (χ2n) is 6.74. The molecule has 2 N–H and O–H groups in total. The summed E-state index contributed by atoms with van der Waals surface area (Å²) < 4.78 is 12.5. The molecule has 0 aliphatic carbocycles. The Morgan fingerprint density at radius 1 is 1.03 bits per heavy atom. The molecule has 8 nitrogen and oxygen atoms in total. The summed E-state index contributed by atoms with van der Waals surface area (Å²) in [5.74, 6) is 1.99. The van der Waals surface area contributed by atoms with Crippen molar-refractivity contribution >= 4 is 22.9 Å². The maximum atomic E-state index is 12.4. The number of benzene rings is 2. The maximum absolute atomic E-state index is 12.4. The summed E-state index contributed by atoms with van der Waals surface area (Å²) >= 11 is 0. The monoisotopic (exact) mass is 417 g/mol. The van der Waals surface area contributed by atoms with Crippen LogP contribution in [0, 0.1) is 0 Å². The van der Waals surface area contributed by atoms with Crippen LogP contribution >= 0.6 is 0 Å². The van der Waals surface area contributed by atoms with Crippen LogP contribution in [0.1, 0.15) is 5.82 Å². The third-order valence-electron chi connectivity index (χ3n) is 4.79. The van der Waals surface area contributed by atoms with Crippen molar-refractivity contribution < 1.29 is 14.3 Å². The molecular weight excluding hydrogens is 394 g/mol. The first kappa shape index (κ1) is 20.2. The average molecular weight is 417 g/mol. The molecule has 0 unspecified atom stereocenters. The SMILES string of the molecule is COc1ccc(NC(=O)NCCc2nc3cccnc3n2-c2ccccc2)c(OC)c1. The van der Waals surface area contributed by atoms with Gasteiger partial charge in [-0.15, -0.1) is 0 Å². The normalized spacial score (nSPS) is 10.6. The van der Waals surface area contributed by atoms with Gasteiger partial charge in [0, 0.05) is 30.9 Å². The Kier molecular flexibility index (Phi) is 5.98. The minimum atomic E-state index is -0.330. The minimum Gasteiger partial charge on any atom is -0.497 e. The van der Waals surface area contributed by atoms with Crippen molar-refractivity contribution in [2.24, 2.45) is 0 Å². The largest absolute Gasteiger partial charge is 0.497 e. The van der Waals surface area contributed by atoms with E-state index in [0.717, 1.165) is 22.7 Å². The molecule has 2 aromatic heterocycles. The third-order valence-corrected chi connectivity index (χ3v) is 4.79. The van der Waals surface area contributed by atoms with E-state index in [9.17, 15) is 4.79 Å². The second-order valence-corrected chi connectivity index (χ2v) is 6.74. The standard InChI is InChI=1S/C23H23N5O3/c1-30-17-10-11-18(20(15-17)31-2)27-23(29)25-14-12-21-26-19-9-6-13-24-22(19)28(21)16-7-4-3-5-8-16/h3-11,13,15H,12,14H2,1-2H3,(H2,25,27,29). The van der Waals surface area contributed by atoms with Gasteiger partial charge in [-0.25, -0.2) is 14.8 Å². The van der Waals surface area contributed by atoms with E-state index in [1.165, 1.54) is 0 Å². The number of hydrogen-bond donors (Lipinski definition) is 2. The molecule has 2 amide bonds. The molecule has 0 radical (unpaired) electrons. The summed E-state index contributed by atoms with van der Waals surface area (Å²) in [6, 6.07) is 18.6. The number of aromatic nitrogens is 3. The summed E-state index contributed by atoms with van der Waals surface area (Å²) in [5, 5.41) is 5.67. The quantitative estimate of drug-likeness (QED) is 0.477. The lowest BCUT2D eigenvalue weighted by atomic mass is 10.2. The molecule has 0 fully saturated rings. The van der Waals surface area contributed by atoms with E-state index in [1.807, 2.05) is 47.0 Å². The van der Waals surface area contributed by atoms with Gasteiger partial charge in [-0.05, 0) is 36.4 Å². The van der Waals surface area contributed by atoms with Crippen molar-refractivity contribution in [3.63, 3.8) is 0 Å². The van der Waals surface area contributed by atoms with Crippen LogP contribution in [-0.4, -0.2) is 41.3 Å². The van der Waals surface area contributed by atoms with Crippen molar-refractivity contribution in [3.8, 4) is 17.2 Å². The van der Waals surface area contributed by atoms with Crippen LogP contribution < -0.4 is 20.1 Å². The van der Waals surface area contributed by atoms with Crippen molar-refractivity contribution in [1.29, 1.82) is 0 Å². The van der Waals surface area contributed by atoms with Gasteiger partial charge in [0.1, 0.15) is 22.8 Å². The predicted molar refractivity (Wildman–Crippen MR) is 119 cm³/mol. The molecule has 0 aliphatic rings. The highest BCUT2D eigenvalue weighted by molar-refractivity contribution is 5.91. The molecule has 31 heavy (non-hydrogen) atoms. The van der Waals surface area contributed by atoms with Gasteiger partial charge >= 0.3 is 6.03 Å². The van der Waals surface area contributed by atoms with Crippen LogP contribution in [0.3, 0.4) is 0 Å². The fourth-order valence-electron chi connectivity index (χ4n) is 3.33. The Bertz CT molecular complexity index is 1190. The molecule has 0 saturated carbocycles. The van der Waals surface area contributed by atoms with E-state index in [4.69, 9.17) is 14.5 Å². The van der Waals surface area contributed by atoms with Crippen LogP contribution in [-0.2, 0) is 6.42 Å². The number of fused-ring (bicyclic) bond motifs is 1. The van der Waals surface area contributed by atoms with E-state index in [1.54, 1.807) is 38.6 Å². The number of carbonyl (C=O) groups excluding carboxylic acids is 1. The van der Waals surface area contributed by atoms with Crippen LogP contribution in [0.2, 0.25) is 0 Å². The van der Waals surface area contributed by atoms with Crippen molar-refractivity contribution in [3.05, 3.63) is 72.7 Å². The summed E-state index contributed by atoms with van der Waals surface area (Å²) in [5.41, 5.74) is 3.14. The highest BCUT2D eigenvalue weighted by Crippen LogP contribution is 2.28. The number of pyridine rings is 1. The molecule has 4 aromatic rings. The zero-order chi connectivity index (χ0) is 21.6. The number of hydrogen-bond acceptors (Lipinski definition) is 5. The number of amides is 2. The summed E-state index contributed by atoms with van der Waals surface area (Å²) in [6.07, 6.45) is 2.29. The maximum Gasteiger partial charge on any atom is 0.319 e. The van der Waals surface area contributed by atoms with Gasteiger partial charge < -0.3 is 20.1 Å². The molecule has 8 heteroatoms. The first-order valence-electron chi connectivity index (χ1n) is 9.84. The molecule has 2 aromatic carbocycles. The summed E-state index contributed by atoms with van der Waals surface area (Å²) in [4.78, 5) is 21.6. The van der Waals surface area contributed by atoms with E-state index in [0.29, 0.717) is 30.2 Å². The van der Waals surface area contributed by atoms with Gasteiger partial charge in [-0.1, -0.05) is 18.2 Å². The molecule has 0 bridgehead atoms. The topological polar surface area (TPSA) is 90.3 Å². The molecule has 0 spiro atoms. The van der Waals surface area contributed by atoms with Gasteiger partial charge in [0.05, 0.1) is 19.9 Å². The number of urea groups is 1. The average Bonchev–Trinajstić information content (AvgIpc) is 3.18. The Hall–Kier alpha value is -4.07. The number of ether oxygens (including phenoxy) is 2. The first-order valence-corrected chi connectivity index (χ1v) is 9.84. The number of imidazole rings is 1. The number of methoxy groups -OCH3 is 2. The van der Waals surface area contributed by atoms with E-state index < -0.39 is 0 Å². The van der Waals surface area contributed by atoms with E-state index in [2.05, 4.69) is 15.6 Å². The summed E-state index contributed by atoms with van der Waals surface area (Å²) in [7, 11) is 3.12. The van der Waals surface area contributed by atoms with Crippen molar-refractivity contribution in [1.82, 2.24) is 19.9 Å². The van der Waals surface area contributed by atoms with Crippen LogP contribution in [0.5, 0.6) is 11.5 Å². The smallest absolute Gasteiger partial charge is 0.319 e. The lowest BCUT2D eigenvalue weighted by Crippen LogP contribution is -2.31. The van der Waals surface area contributed by atoms with Gasteiger partial charge in [0.2, 0.25) is 0 Å². The summed E-state index contributed by atoms with van der Waals surface area (Å²) in [6.45, 7) is 0.403. The van der Waals surface area contributed by atoms with Gasteiger partial charge in [-0.3, -0.25) is 4.57 Å². The highest BCUT2D eigenvalue weighted by atomic mass is 16.5. The number of nitrogens with zero attached hydrogens (tertiary/aromatic N) is 3.